The summed E-state index contributed by atoms with van der Waals surface area (Å²) in [5.74, 6) is 0.639. The second-order valence-corrected chi connectivity index (χ2v) is 7.73. The van der Waals surface area contributed by atoms with Crippen LogP contribution in [0.2, 0.25) is 0 Å². The topological polar surface area (TPSA) is 51.1 Å². The molecule has 0 saturated carbocycles. The minimum absolute atomic E-state index is 0.213. The molecule has 1 aromatic carbocycles. The van der Waals surface area contributed by atoms with Crippen LogP contribution in [0, 0.1) is 5.82 Å². The number of benzene rings is 1. The number of nitrogens with zero attached hydrogens (tertiary/aromatic N) is 3. The summed E-state index contributed by atoms with van der Waals surface area (Å²) in [6.45, 7) is 9.38. The molecular weight excluding hydrogens is 367 g/mol. The van der Waals surface area contributed by atoms with Crippen molar-refractivity contribution in [2.24, 2.45) is 4.99 Å². The van der Waals surface area contributed by atoms with E-state index in [1.54, 1.807) is 6.07 Å². The predicted octanol–water partition coefficient (Wildman–Crippen LogP) is 3.93. The third-order valence-electron chi connectivity index (χ3n) is 5.33. The molecule has 0 aliphatic carbocycles. The number of unbranched alkanes of at least 4 members (excludes halogenated alkanes) is 3. The highest BCUT2D eigenvalue weighted by Crippen LogP contribution is 2.24. The van der Waals surface area contributed by atoms with E-state index in [9.17, 15) is 9.50 Å². The van der Waals surface area contributed by atoms with Crippen molar-refractivity contribution in [2.45, 2.75) is 58.1 Å². The average Bonchev–Trinajstić information content (AvgIpc) is 2.71. The zero-order valence-corrected chi connectivity index (χ0v) is 18.0. The Hall–Kier alpha value is -2.08. The van der Waals surface area contributed by atoms with Crippen molar-refractivity contribution in [1.29, 1.82) is 0 Å². The maximum Gasteiger partial charge on any atom is 0.193 e. The molecule has 0 unspecified atom stereocenters. The minimum atomic E-state index is -0.258. The van der Waals surface area contributed by atoms with Crippen LogP contribution < -0.4 is 10.2 Å². The number of anilines is 1. The van der Waals surface area contributed by atoms with Gasteiger partial charge in [-0.05, 0) is 56.7 Å². The average molecular weight is 405 g/mol. The number of aliphatic imine (C=N–C) groups is 1. The molecule has 1 saturated heterocycles. The van der Waals surface area contributed by atoms with E-state index in [-0.39, 0.29) is 11.9 Å². The summed E-state index contributed by atoms with van der Waals surface area (Å²) in [7, 11) is 2.05. The number of piperidine rings is 1. The van der Waals surface area contributed by atoms with Crippen LogP contribution in [0.3, 0.4) is 0 Å². The van der Waals surface area contributed by atoms with Crippen LogP contribution in [0.15, 0.2) is 35.8 Å². The Bertz CT molecular complexity index is 656. The highest BCUT2D eigenvalue weighted by atomic mass is 19.1. The summed E-state index contributed by atoms with van der Waals surface area (Å²) < 4.78 is 14.6. The second-order valence-electron chi connectivity index (χ2n) is 7.73. The van der Waals surface area contributed by atoms with Crippen LogP contribution in [-0.4, -0.2) is 55.3 Å². The molecule has 1 fully saturated rings. The highest BCUT2D eigenvalue weighted by molar-refractivity contribution is 5.79. The molecule has 5 nitrogen and oxygen atoms in total. The molecule has 0 aromatic heterocycles. The molecule has 1 aliphatic heterocycles. The Labute approximate surface area is 175 Å². The van der Waals surface area contributed by atoms with E-state index in [2.05, 4.69) is 23.7 Å². The normalized spacial score (nSPS) is 15.4. The van der Waals surface area contributed by atoms with Crippen LogP contribution in [0.1, 0.15) is 51.0 Å². The van der Waals surface area contributed by atoms with Gasteiger partial charge in [0.1, 0.15) is 5.82 Å². The van der Waals surface area contributed by atoms with Crippen LogP contribution in [-0.2, 0) is 6.54 Å². The Kier molecular flexibility index (Phi) is 9.98. The van der Waals surface area contributed by atoms with Crippen LogP contribution in [0.25, 0.3) is 0 Å². The van der Waals surface area contributed by atoms with E-state index in [0.29, 0.717) is 38.2 Å². The van der Waals surface area contributed by atoms with E-state index in [1.165, 1.54) is 12.8 Å². The van der Waals surface area contributed by atoms with Crippen LogP contribution in [0.5, 0.6) is 0 Å². The lowest BCUT2D eigenvalue weighted by Gasteiger charge is -2.31. The van der Waals surface area contributed by atoms with Gasteiger partial charge in [0.05, 0.1) is 18.3 Å². The molecule has 29 heavy (non-hydrogen) atoms. The Morgan fingerprint density at radius 1 is 1.34 bits per heavy atom. The summed E-state index contributed by atoms with van der Waals surface area (Å²) >= 11 is 0. The fourth-order valence-electron chi connectivity index (χ4n) is 3.57. The Morgan fingerprint density at radius 3 is 2.76 bits per heavy atom. The molecule has 1 heterocycles. The maximum absolute atomic E-state index is 14.6. The molecule has 0 atom stereocenters. The predicted molar refractivity (Wildman–Crippen MR) is 120 cm³/mol. The van der Waals surface area contributed by atoms with Crippen molar-refractivity contribution in [1.82, 2.24) is 10.2 Å². The monoisotopic (exact) mass is 404 g/mol. The molecule has 1 aromatic rings. The van der Waals surface area contributed by atoms with Gasteiger partial charge in [-0.3, -0.25) is 0 Å². The fraction of sp³-hybridized carbons (Fsp3) is 0.609. The van der Waals surface area contributed by atoms with Gasteiger partial charge in [0.25, 0.3) is 0 Å². The first kappa shape index (κ1) is 23.2. The van der Waals surface area contributed by atoms with Crippen molar-refractivity contribution in [3.63, 3.8) is 0 Å². The van der Waals surface area contributed by atoms with E-state index < -0.39 is 0 Å². The summed E-state index contributed by atoms with van der Waals surface area (Å²) in [6, 6.07) is 5.38. The lowest BCUT2D eigenvalue weighted by molar-refractivity contribution is 0.145. The van der Waals surface area contributed by atoms with E-state index in [0.717, 1.165) is 37.5 Å². The SMILES string of the molecule is C=CCCCCCN(C)C(=NCc1ccc(N2CCC(O)CC2)c(F)c1)NCC. The molecule has 0 spiro atoms. The summed E-state index contributed by atoms with van der Waals surface area (Å²) in [5, 5.41) is 13.0. The molecule has 162 valence electrons. The van der Waals surface area contributed by atoms with Crippen molar-refractivity contribution >= 4 is 11.6 Å². The third kappa shape index (κ3) is 7.69. The molecule has 0 bridgehead atoms. The highest BCUT2D eigenvalue weighted by Gasteiger charge is 2.19. The van der Waals surface area contributed by atoms with Crippen molar-refractivity contribution in [3.05, 3.63) is 42.2 Å². The molecule has 0 radical (unpaired) electrons. The lowest BCUT2D eigenvalue weighted by Crippen LogP contribution is -2.39. The third-order valence-corrected chi connectivity index (χ3v) is 5.33. The number of halogens is 1. The van der Waals surface area contributed by atoms with E-state index in [4.69, 9.17) is 4.99 Å². The summed E-state index contributed by atoms with van der Waals surface area (Å²) in [4.78, 5) is 8.85. The van der Waals surface area contributed by atoms with Gasteiger partial charge in [-0.2, -0.15) is 0 Å². The number of hydrogen-bond acceptors (Lipinski definition) is 3. The Morgan fingerprint density at radius 2 is 2.10 bits per heavy atom. The van der Waals surface area contributed by atoms with E-state index in [1.807, 2.05) is 30.2 Å². The molecule has 1 aliphatic rings. The second kappa shape index (κ2) is 12.5. The van der Waals surface area contributed by atoms with Gasteiger partial charge in [0.2, 0.25) is 0 Å². The molecule has 2 rings (SSSR count). The van der Waals surface area contributed by atoms with E-state index >= 15 is 0 Å². The van der Waals surface area contributed by atoms with Gasteiger partial charge in [0.15, 0.2) is 5.96 Å². The number of aliphatic hydroxyl groups is 1. The summed E-state index contributed by atoms with van der Waals surface area (Å²) in [5.41, 5.74) is 1.48. The molecule has 6 heteroatoms. The van der Waals surface area contributed by atoms with Crippen molar-refractivity contribution < 1.29 is 9.50 Å². The van der Waals surface area contributed by atoms with Crippen LogP contribution >= 0.6 is 0 Å². The first-order valence-electron chi connectivity index (χ1n) is 10.9. The minimum Gasteiger partial charge on any atom is -0.393 e. The van der Waals surface area contributed by atoms with Crippen molar-refractivity contribution in [2.75, 3.05) is 38.1 Å². The largest absolute Gasteiger partial charge is 0.393 e. The number of hydrogen-bond donors (Lipinski definition) is 2. The van der Waals surface area contributed by atoms with Gasteiger partial charge >= 0.3 is 0 Å². The van der Waals surface area contributed by atoms with Gasteiger partial charge in [-0.1, -0.05) is 18.6 Å². The number of nitrogens with one attached hydrogen (secondary N) is 1. The van der Waals surface area contributed by atoms with Crippen molar-refractivity contribution in [3.8, 4) is 0 Å². The smallest absolute Gasteiger partial charge is 0.193 e. The zero-order chi connectivity index (χ0) is 21.1. The Balaban J connectivity index is 1.93. The maximum atomic E-state index is 14.6. The zero-order valence-electron chi connectivity index (χ0n) is 18.0. The number of guanidine groups is 1. The number of rotatable bonds is 10. The quantitative estimate of drug-likeness (QED) is 0.269. The first-order chi connectivity index (χ1) is 14.0. The first-order valence-corrected chi connectivity index (χ1v) is 10.9. The molecular formula is C23H37FN4O. The fourth-order valence-corrected chi connectivity index (χ4v) is 3.57. The summed E-state index contributed by atoms with van der Waals surface area (Å²) in [6.07, 6.45) is 7.62. The van der Waals surface area contributed by atoms with Crippen LogP contribution in [0.4, 0.5) is 10.1 Å². The van der Waals surface area contributed by atoms with Gasteiger partial charge < -0.3 is 20.2 Å². The molecule has 2 N–H and O–H groups in total. The molecule has 0 amide bonds. The van der Waals surface area contributed by atoms with Gasteiger partial charge in [0, 0.05) is 33.2 Å². The van der Waals surface area contributed by atoms with Gasteiger partial charge in [-0.15, -0.1) is 6.58 Å². The number of allylic oxidation sites excluding steroid dienone is 1. The number of aliphatic hydroxyl groups excluding tert-OH is 1. The van der Waals surface area contributed by atoms with Gasteiger partial charge in [-0.25, -0.2) is 9.38 Å². The standard InChI is InChI=1S/C23H37FN4O/c1-4-6-7-8-9-14-27(3)23(25-5-2)26-18-19-10-11-22(21(24)17-19)28-15-12-20(29)13-16-28/h4,10-11,17,20,29H,1,5-9,12-16,18H2,2-3H3,(H,25,26). The lowest BCUT2D eigenvalue weighted by atomic mass is 10.1.